The number of fused-ring (bicyclic) bond motifs is 8. The van der Waals surface area contributed by atoms with Crippen molar-refractivity contribution in [2.45, 2.75) is 133 Å². The molecule has 5 unspecified atom stereocenters. The molecule has 4 aliphatic carbocycles. The van der Waals surface area contributed by atoms with E-state index in [9.17, 15) is 18.0 Å². The number of ether oxygens (including phenoxy) is 2. The van der Waals surface area contributed by atoms with E-state index in [-0.39, 0.29) is 35.7 Å². The quantitative estimate of drug-likeness (QED) is 0.259. The first-order valence-corrected chi connectivity index (χ1v) is 21.8. The summed E-state index contributed by atoms with van der Waals surface area (Å²) in [4.78, 5) is 44.1. The molecule has 2 amide bonds. The fourth-order valence-electron chi connectivity index (χ4n) is 10.8. The van der Waals surface area contributed by atoms with E-state index >= 15 is 4.79 Å². The number of sulfonamides is 1. The number of aromatic nitrogens is 1. The maximum Gasteiger partial charge on any atom is 0.410 e. The molecule has 5 atom stereocenters. The van der Waals surface area contributed by atoms with Crippen LogP contribution in [0.2, 0.25) is 0 Å². The number of hydrogen-bond acceptors (Lipinski definition) is 7. The fraction of sp³-hybridized carbons (Fsp3) is 0.605. The lowest BCUT2D eigenvalue weighted by Gasteiger charge is -2.38. The molecule has 0 radical (unpaired) electrons. The van der Waals surface area contributed by atoms with Crippen molar-refractivity contribution in [2.24, 2.45) is 17.3 Å². The molecule has 10 nitrogen and oxygen atoms in total. The van der Waals surface area contributed by atoms with Gasteiger partial charge in [-0.05, 0) is 132 Å². The number of nitrogens with zero attached hydrogens (tertiary/aromatic N) is 2. The number of nitrogens with one attached hydrogen (secondary N) is 1. The monoisotopic (exact) mass is 755 g/mol. The fourth-order valence-corrected chi connectivity index (χ4v) is 12.1. The van der Waals surface area contributed by atoms with Crippen LogP contribution in [0, 0.1) is 17.3 Å². The van der Waals surface area contributed by atoms with E-state index in [1.165, 1.54) is 12.0 Å². The molecule has 4 saturated carbocycles. The van der Waals surface area contributed by atoms with E-state index in [4.69, 9.17) is 9.47 Å². The highest BCUT2D eigenvalue weighted by Gasteiger charge is 2.64. The van der Waals surface area contributed by atoms with Crippen LogP contribution in [-0.4, -0.2) is 66.2 Å². The van der Waals surface area contributed by atoms with Gasteiger partial charge in [-0.15, -0.1) is 0 Å². The Labute approximate surface area is 318 Å². The number of Topliss-reactive ketones (excluding diaryl/α,β-unsaturated/α-hetero) is 1. The molecule has 5 fully saturated rings. The summed E-state index contributed by atoms with van der Waals surface area (Å²) in [6.07, 6.45) is 10.6. The highest BCUT2D eigenvalue weighted by molar-refractivity contribution is 7.91. The molecule has 2 aliphatic heterocycles. The van der Waals surface area contributed by atoms with Gasteiger partial charge in [0.05, 0.1) is 23.5 Å². The molecule has 0 bridgehead atoms. The number of piperidine rings is 1. The smallest absolute Gasteiger partial charge is 0.410 e. The van der Waals surface area contributed by atoms with Crippen LogP contribution in [0.15, 0.2) is 36.4 Å². The number of carbonyl (C=O) groups is 3. The number of ketones is 1. The van der Waals surface area contributed by atoms with Gasteiger partial charge in [-0.2, -0.15) is 0 Å². The standard InChI is InChI=1S/C43H53N3O7S/c1-42(2,3)53-41(49)45-18-8-11-26-19-28(21-35(26)45)39(47)43-23-34(43)33-22-29(52-4)13-17-31(33)38-37(25-9-6-5-7-10-25)32-16-12-27(20-36(32)46(38)24-43)40(48)44-54(50,51)30-14-15-30/h12-13,16-17,20,22,25-26,28,30,34-35H,5-11,14-15,18-19,21,23-24H2,1-4H3,(H,44,48). The summed E-state index contributed by atoms with van der Waals surface area (Å²) in [6.45, 7) is 6.81. The Kier molecular flexibility index (Phi) is 8.52. The van der Waals surface area contributed by atoms with E-state index in [1.54, 1.807) is 13.2 Å². The van der Waals surface area contributed by atoms with Gasteiger partial charge in [0, 0.05) is 53.0 Å². The average molecular weight is 756 g/mol. The first kappa shape index (κ1) is 35.8. The van der Waals surface area contributed by atoms with Gasteiger partial charge in [-0.3, -0.25) is 9.59 Å². The predicted octanol–water partition coefficient (Wildman–Crippen LogP) is 8.07. The summed E-state index contributed by atoms with van der Waals surface area (Å²) < 4.78 is 41.9. The Morgan fingerprint density at radius 3 is 2.43 bits per heavy atom. The second-order valence-electron chi connectivity index (χ2n) is 18.1. The van der Waals surface area contributed by atoms with Gasteiger partial charge in [0.25, 0.3) is 5.91 Å². The lowest BCUT2D eigenvalue weighted by molar-refractivity contribution is -0.128. The highest BCUT2D eigenvalue weighted by Crippen LogP contribution is 2.67. The molecular formula is C43H53N3O7S. The van der Waals surface area contributed by atoms with E-state index in [0.29, 0.717) is 43.8 Å². The Hall–Kier alpha value is -3.86. The summed E-state index contributed by atoms with van der Waals surface area (Å²) in [5.41, 5.74) is 4.59. The minimum absolute atomic E-state index is 0.0110. The number of rotatable bonds is 7. The Balaban J connectivity index is 1.14. The third-order valence-corrected chi connectivity index (χ3v) is 15.3. The first-order valence-electron chi connectivity index (χ1n) is 20.2. The average Bonchev–Trinajstić information content (AvgIpc) is 4.06. The van der Waals surface area contributed by atoms with Crippen LogP contribution in [0.3, 0.4) is 0 Å². The van der Waals surface area contributed by atoms with Crippen molar-refractivity contribution in [3.05, 3.63) is 53.1 Å². The van der Waals surface area contributed by atoms with Crippen molar-refractivity contribution in [2.75, 3.05) is 13.7 Å². The lowest BCUT2D eigenvalue weighted by Crippen LogP contribution is -2.48. The molecule has 1 saturated heterocycles. The summed E-state index contributed by atoms with van der Waals surface area (Å²) in [7, 11) is -2.04. The van der Waals surface area contributed by atoms with E-state index < -0.39 is 32.2 Å². The molecule has 6 aliphatic rings. The molecule has 1 N–H and O–H groups in total. The molecule has 2 aromatic carbocycles. The Bertz CT molecular complexity index is 2160. The van der Waals surface area contributed by atoms with Crippen LogP contribution in [0.5, 0.6) is 5.75 Å². The number of carbonyl (C=O) groups excluding carboxylic acids is 3. The number of likely N-dealkylation sites (tertiary alicyclic amines) is 1. The number of hydrogen-bond donors (Lipinski definition) is 1. The van der Waals surface area contributed by atoms with Crippen molar-refractivity contribution < 1.29 is 32.3 Å². The van der Waals surface area contributed by atoms with Crippen molar-refractivity contribution in [1.82, 2.24) is 14.2 Å². The van der Waals surface area contributed by atoms with Gasteiger partial charge in [0.2, 0.25) is 10.0 Å². The van der Waals surface area contributed by atoms with Gasteiger partial charge in [0.15, 0.2) is 0 Å². The Morgan fingerprint density at radius 1 is 0.926 bits per heavy atom. The normalized spacial score (nSPS) is 28.0. The molecule has 288 valence electrons. The summed E-state index contributed by atoms with van der Waals surface area (Å²) in [5.74, 6) is 0.873. The summed E-state index contributed by atoms with van der Waals surface area (Å²) >= 11 is 0. The van der Waals surface area contributed by atoms with Crippen LogP contribution in [0.25, 0.3) is 22.2 Å². The lowest BCUT2D eigenvalue weighted by atomic mass is 9.81. The van der Waals surface area contributed by atoms with Crippen LogP contribution in [-0.2, 0) is 26.1 Å². The van der Waals surface area contributed by atoms with Gasteiger partial charge < -0.3 is 18.9 Å². The van der Waals surface area contributed by atoms with Crippen molar-refractivity contribution >= 4 is 38.7 Å². The number of methoxy groups -OCH3 is 1. The maximum absolute atomic E-state index is 15.3. The molecule has 9 rings (SSSR count). The molecule has 3 aromatic rings. The van der Waals surface area contributed by atoms with Crippen LogP contribution in [0.4, 0.5) is 4.79 Å². The van der Waals surface area contributed by atoms with E-state index in [0.717, 1.165) is 84.8 Å². The largest absolute Gasteiger partial charge is 0.497 e. The third kappa shape index (κ3) is 6.03. The van der Waals surface area contributed by atoms with E-state index in [2.05, 4.69) is 21.4 Å². The van der Waals surface area contributed by atoms with E-state index in [1.807, 2.05) is 43.9 Å². The molecule has 1 aromatic heterocycles. The van der Waals surface area contributed by atoms with Crippen molar-refractivity contribution in [3.63, 3.8) is 0 Å². The topological polar surface area (TPSA) is 124 Å². The van der Waals surface area contributed by atoms with Crippen molar-refractivity contribution in [1.29, 1.82) is 0 Å². The molecule has 3 heterocycles. The second-order valence-corrected chi connectivity index (χ2v) is 20.1. The first-order chi connectivity index (χ1) is 25.8. The zero-order chi connectivity index (χ0) is 37.7. The maximum atomic E-state index is 15.3. The number of benzene rings is 2. The zero-order valence-electron chi connectivity index (χ0n) is 32.0. The van der Waals surface area contributed by atoms with Crippen molar-refractivity contribution in [3.8, 4) is 17.0 Å². The van der Waals surface area contributed by atoms with Gasteiger partial charge >= 0.3 is 6.09 Å². The van der Waals surface area contributed by atoms with Gasteiger partial charge in [-0.25, -0.2) is 17.9 Å². The predicted molar refractivity (Wildman–Crippen MR) is 206 cm³/mol. The van der Waals surface area contributed by atoms with Crippen LogP contribution in [0.1, 0.15) is 131 Å². The minimum atomic E-state index is -3.73. The molecule has 0 spiro atoms. The second kappa shape index (κ2) is 12.8. The molecule has 11 heteroatoms. The zero-order valence-corrected chi connectivity index (χ0v) is 32.8. The highest BCUT2D eigenvalue weighted by atomic mass is 32.2. The van der Waals surface area contributed by atoms with Crippen LogP contribution < -0.4 is 9.46 Å². The number of amides is 2. The van der Waals surface area contributed by atoms with Gasteiger partial charge in [0.1, 0.15) is 17.1 Å². The minimum Gasteiger partial charge on any atom is -0.497 e. The molecular weight excluding hydrogens is 703 g/mol. The van der Waals surface area contributed by atoms with Gasteiger partial charge in [-0.1, -0.05) is 25.3 Å². The summed E-state index contributed by atoms with van der Waals surface area (Å²) in [6, 6.07) is 11.9. The third-order valence-electron chi connectivity index (χ3n) is 13.5. The molecule has 54 heavy (non-hydrogen) atoms. The van der Waals surface area contributed by atoms with Crippen LogP contribution >= 0.6 is 0 Å². The SMILES string of the molecule is COc1ccc2c(c1)C1CC1(C(=O)C1CC3CCCN(C(=O)OC(C)(C)C)C3C1)Cn1c-2c(C2CCCCC2)c2ccc(C(=O)NS(=O)(=O)C3CC3)cc21. The summed E-state index contributed by atoms with van der Waals surface area (Å²) in [5, 5.41) is 0.566. The Morgan fingerprint density at radius 2 is 1.70 bits per heavy atom.